The van der Waals surface area contributed by atoms with Crippen molar-refractivity contribution in [3.63, 3.8) is 0 Å². The maximum atomic E-state index is 13.6. The molecule has 0 aliphatic carbocycles. The highest BCUT2D eigenvalue weighted by Gasteiger charge is 2.15. The lowest BCUT2D eigenvalue weighted by molar-refractivity contribution is 0.340. The van der Waals surface area contributed by atoms with Gasteiger partial charge in [-0.3, -0.25) is 0 Å². The molecule has 0 spiro atoms. The summed E-state index contributed by atoms with van der Waals surface area (Å²) >= 11 is 1.61. The third kappa shape index (κ3) is 6.98. The zero-order valence-electron chi connectivity index (χ0n) is 12.5. The van der Waals surface area contributed by atoms with Crippen LogP contribution < -0.4 is 5.32 Å². The minimum Gasteiger partial charge on any atom is -0.313 e. The van der Waals surface area contributed by atoms with Gasteiger partial charge >= 0.3 is 0 Å². The number of hydrogen-bond acceptors (Lipinski definition) is 2. The third-order valence-electron chi connectivity index (χ3n) is 3.01. The Morgan fingerprint density at radius 3 is 2.53 bits per heavy atom. The molecule has 1 N–H and O–H groups in total. The molecular formula is C16H26FNS. The van der Waals surface area contributed by atoms with Gasteiger partial charge in [0.25, 0.3) is 0 Å². The summed E-state index contributed by atoms with van der Waals surface area (Å²) in [5.41, 5.74) is 0.357. The molecule has 1 unspecified atom stereocenters. The second kappa shape index (κ2) is 7.91. The zero-order valence-corrected chi connectivity index (χ0v) is 13.3. The van der Waals surface area contributed by atoms with Crippen LogP contribution in [0.4, 0.5) is 4.39 Å². The molecular weight excluding hydrogens is 257 g/mol. The average Bonchev–Trinajstić information content (AvgIpc) is 2.33. The van der Waals surface area contributed by atoms with Gasteiger partial charge in [-0.1, -0.05) is 39.8 Å². The largest absolute Gasteiger partial charge is 0.313 e. The van der Waals surface area contributed by atoms with Crippen molar-refractivity contribution in [2.24, 2.45) is 5.41 Å². The van der Waals surface area contributed by atoms with Crippen LogP contribution >= 0.6 is 11.8 Å². The first-order chi connectivity index (χ1) is 8.92. The van der Waals surface area contributed by atoms with E-state index < -0.39 is 0 Å². The van der Waals surface area contributed by atoms with Crippen molar-refractivity contribution in [1.29, 1.82) is 0 Å². The quantitative estimate of drug-likeness (QED) is 0.727. The lowest BCUT2D eigenvalue weighted by atomic mass is 9.89. The molecule has 1 atom stereocenters. The molecule has 0 aliphatic rings. The normalized spacial score (nSPS) is 13.5. The van der Waals surface area contributed by atoms with Crippen molar-refractivity contribution >= 4 is 11.8 Å². The first-order valence-electron chi connectivity index (χ1n) is 7.03. The number of benzene rings is 1. The van der Waals surface area contributed by atoms with Gasteiger partial charge in [-0.05, 0) is 36.9 Å². The van der Waals surface area contributed by atoms with Crippen molar-refractivity contribution in [3.8, 4) is 0 Å². The summed E-state index contributed by atoms with van der Waals surface area (Å²) < 4.78 is 13.6. The van der Waals surface area contributed by atoms with Crippen molar-refractivity contribution < 1.29 is 4.39 Å². The van der Waals surface area contributed by atoms with Crippen molar-refractivity contribution in [1.82, 2.24) is 5.32 Å². The number of nitrogens with one attached hydrogen (secondary N) is 1. The fourth-order valence-electron chi connectivity index (χ4n) is 1.89. The van der Waals surface area contributed by atoms with Gasteiger partial charge in [0.2, 0.25) is 0 Å². The minimum absolute atomic E-state index is 0.112. The van der Waals surface area contributed by atoms with Gasteiger partial charge in [0.1, 0.15) is 5.82 Å². The fourth-order valence-corrected chi connectivity index (χ4v) is 2.94. The van der Waals surface area contributed by atoms with Crippen LogP contribution in [0.1, 0.15) is 40.5 Å². The van der Waals surface area contributed by atoms with E-state index >= 15 is 0 Å². The highest BCUT2D eigenvalue weighted by Crippen LogP contribution is 2.26. The second-order valence-electron chi connectivity index (χ2n) is 6.10. The molecule has 1 nitrogen and oxygen atoms in total. The summed E-state index contributed by atoms with van der Waals surface area (Å²) in [6.45, 7) is 9.88. The Balaban J connectivity index is 2.47. The van der Waals surface area contributed by atoms with Crippen molar-refractivity contribution in [2.75, 3.05) is 12.3 Å². The van der Waals surface area contributed by atoms with Crippen LogP contribution in [0.3, 0.4) is 0 Å². The molecule has 0 fully saturated rings. The molecule has 3 heteroatoms. The molecule has 0 heterocycles. The fraction of sp³-hybridized carbons (Fsp3) is 0.625. The van der Waals surface area contributed by atoms with E-state index in [1.165, 1.54) is 12.5 Å². The lowest BCUT2D eigenvalue weighted by Gasteiger charge is -2.23. The summed E-state index contributed by atoms with van der Waals surface area (Å²) in [6, 6.07) is 7.46. The molecule has 0 saturated heterocycles. The van der Waals surface area contributed by atoms with Crippen LogP contribution in [0.15, 0.2) is 29.2 Å². The molecule has 0 saturated carbocycles. The Labute approximate surface area is 121 Å². The highest BCUT2D eigenvalue weighted by atomic mass is 32.2. The van der Waals surface area contributed by atoms with E-state index in [0.29, 0.717) is 11.5 Å². The Hall–Kier alpha value is -0.540. The number of halogens is 1. The Morgan fingerprint density at radius 1 is 1.26 bits per heavy atom. The Morgan fingerprint density at radius 2 is 1.95 bits per heavy atom. The van der Waals surface area contributed by atoms with E-state index in [9.17, 15) is 4.39 Å². The van der Waals surface area contributed by atoms with Crippen LogP contribution in [0, 0.1) is 11.2 Å². The minimum atomic E-state index is -0.112. The summed E-state index contributed by atoms with van der Waals surface area (Å²) in [5, 5.41) is 3.50. The Bertz CT molecular complexity index is 373. The summed E-state index contributed by atoms with van der Waals surface area (Å²) in [5.74, 6) is 0.809. The maximum absolute atomic E-state index is 13.6. The van der Waals surface area contributed by atoms with Crippen molar-refractivity contribution in [2.45, 2.75) is 51.5 Å². The molecule has 0 bridgehead atoms. The van der Waals surface area contributed by atoms with Gasteiger partial charge in [-0.25, -0.2) is 4.39 Å². The molecule has 1 aromatic rings. The molecule has 0 amide bonds. The molecule has 1 aromatic carbocycles. The van der Waals surface area contributed by atoms with Crippen LogP contribution in [0.25, 0.3) is 0 Å². The molecule has 0 aliphatic heterocycles. The van der Waals surface area contributed by atoms with Crippen LogP contribution in [0.2, 0.25) is 0 Å². The second-order valence-corrected chi connectivity index (χ2v) is 7.16. The van der Waals surface area contributed by atoms with Crippen LogP contribution in [-0.4, -0.2) is 18.3 Å². The smallest absolute Gasteiger partial charge is 0.136 e. The monoisotopic (exact) mass is 283 g/mol. The van der Waals surface area contributed by atoms with Gasteiger partial charge in [-0.15, -0.1) is 11.8 Å². The molecule has 0 radical (unpaired) electrons. The molecule has 108 valence electrons. The Kier molecular flexibility index (Phi) is 6.87. The van der Waals surface area contributed by atoms with Gasteiger partial charge in [0, 0.05) is 16.7 Å². The van der Waals surface area contributed by atoms with E-state index in [1.807, 2.05) is 12.1 Å². The summed E-state index contributed by atoms with van der Waals surface area (Å²) in [4.78, 5) is 0.751. The van der Waals surface area contributed by atoms with E-state index in [0.717, 1.165) is 23.6 Å². The van der Waals surface area contributed by atoms with E-state index in [-0.39, 0.29) is 5.82 Å². The SMILES string of the molecule is CCNC(CCC(C)(C)C)CSc1ccccc1F. The molecule has 0 aromatic heterocycles. The predicted molar refractivity (Wildman–Crippen MR) is 83.3 cm³/mol. The lowest BCUT2D eigenvalue weighted by Crippen LogP contribution is -2.32. The topological polar surface area (TPSA) is 12.0 Å². The summed E-state index contributed by atoms with van der Waals surface area (Å²) in [7, 11) is 0. The van der Waals surface area contributed by atoms with Crippen LogP contribution in [-0.2, 0) is 0 Å². The third-order valence-corrected chi connectivity index (χ3v) is 4.22. The standard InChI is InChI=1S/C16H26FNS/c1-5-18-13(10-11-16(2,3)4)12-19-15-9-7-6-8-14(15)17/h6-9,13,18H,5,10-12H2,1-4H3. The van der Waals surface area contributed by atoms with Gasteiger partial charge in [0.05, 0.1) is 0 Å². The van der Waals surface area contributed by atoms with E-state index in [2.05, 4.69) is 33.0 Å². The highest BCUT2D eigenvalue weighted by molar-refractivity contribution is 7.99. The van der Waals surface area contributed by atoms with E-state index in [1.54, 1.807) is 17.8 Å². The summed E-state index contributed by atoms with van der Waals surface area (Å²) in [6.07, 6.45) is 2.32. The van der Waals surface area contributed by atoms with Gasteiger partial charge in [0.15, 0.2) is 0 Å². The predicted octanol–water partition coefficient (Wildman–Crippen LogP) is 4.72. The average molecular weight is 283 g/mol. The van der Waals surface area contributed by atoms with Crippen molar-refractivity contribution in [3.05, 3.63) is 30.1 Å². The number of rotatable bonds is 7. The van der Waals surface area contributed by atoms with Crippen LogP contribution in [0.5, 0.6) is 0 Å². The first-order valence-corrected chi connectivity index (χ1v) is 8.01. The first kappa shape index (κ1) is 16.5. The molecule has 19 heavy (non-hydrogen) atoms. The number of thioether (sulfide) groups is 1. The maximum Gasteiger partial charge on any atom is 0.136 e. The van der Waals surface area contributed by atoms with Gasteiger partial charge in [-0.2, -0.15) is 0 Å². The van der Waals surface area contributed by atoms with Gasteiger partial charge < -0.3 is 5.32 Å². The van der Waals surface area contributed by atoms with E-state index in [4.69, 9.17) is 0 Å². The molecule has 1 rings (SSSR count). The zero-order chi connectivity index (χ0) is 14.3. The number of hydrogen-bond donors (Lipinski definition) is 1.